The molecule has 0 amide bonds. The molecule has 0 radical (unpaired) electrons. The molecule has 0 fully saturated rings. The fourth-order valence-corrected chi connectivity index (χ4v) is 4.06. The highest BCUT2D eigenvalue weighted by Crippen LogP contribution is 2.40. The fraction of sp³-hybridized carbons (Fsp3) is 0.158. The minimum atomic E-state index is -0.546. The van der Waals surface area contributed by atoms with E-state index in [1.165, 1.54) is 22.8 Å². The first-order chi connectivity index (χ1) is 12.9. The number of carbonyl (C=O) groups excluding carboxylic acids is 1. The Kier molecular flexibility index (Phi) is 5.55. The molecule has 7 nitrogen and oxygen atoms in total. The molecule has 0 aliphatic heterocycles. The van der Waals surface area contributed by atoms with Crippen LogP contribution in [0.15, 0.2) is 41.2 Å². The van der Waals surface area contributed by atoms with Crippen LogP contribution in [0.5, 0.6) is 0 Å². The van der Waals surface area contributed by atoms with Crippen LogP contribution in [-0.4, -0.2) is 21.8 Å². The Bertz CT molecular complexity index is 1210. The van der Waals surface area contributed by atoms with Crippen LogP contribution in [0.4, 0.5) is 5.69 Å². The predicted molar refractivity (Wildman–Crippen MR) is 117 cm³/mol. The van der Waals surface area contributed by atoms with Crippen molar-refractivity contribution in [2.24, 2.45) is 5.73 Å². The number of aromatic nitrogens is 1. The molecule has 2 aromatic carbocycles. The van der Waals surface area contributed by atoms with Crippen molar-refractivity contribution in [2.45, 2.75) is 13.0 Å². The fourth-order valence-electron chi connectivity index (χ4n) is 3.57. The van der Waals surface area contributed by atoms with Gasteiger partial charge in [0.15, 0.2) is 5.78 Å². The summed E-state index contributed by atoms with van der Waals surface area (Å²) in [6.07, 6.45) is 0.556. The third-order valence-corrected chi connectivity index (χ3v) is 5.43. The van der Waals surface area contributed by atoms with E-state index in [1.54, 1.807) is 6.07 Å². The van der Waals surface area contributed by atoms with Gasteiger partial charge in [-0.25, -0.2) is 0 Å². The summed E-state index contributed by atoms with van der Waals surface area (Å²) in [6.45, 7) is 0.733. The lowest BCUT2D eigenvalue weighted by Crippen LogP contribution is -2.24. The lowest BCUT2D eigenvalue weighted by Gasteiger charge is -2.14. The van der Waals surface area contributed by atoms with E-state index >= 15 is 0 Å². The Balaban J connectivity index is 0.00000225. The molecule has 0 saturated carbocycles. The standard InChI is InChI=1S/C19H14IN3O4.ClH/c20-10-2-4-13-14(8-10)18(24)16-12-5-3-11(23(26)27)9-15(12)19(25)22(17(13)16)7-1-6-21;/h2-5,8-9H,1,6-7,21H2;1H. The average molecular weight is 512 g/mol. The van der Waals surface area contributed by atoms with Crippen molar-refractivity contribution >= 4 is 57.2 Å². The molecule has 9 heteroatoms. The summed E-state index contributed by atoms with van der Waals surface area (Å²) in [5, 5.41) is 11.8. The minimum Gasteiger partial charge on any atom is -0.330 e. The molecule has 144 valence electrons. The number of hydrogen-bond donors (Lipinski definition) is 1. The van der Waals surface area contributed by atoms with Gasteiger partial charge < -0.3 is 10.3 Å². The second-order valence-electron chi connectivity index (χ2n) is 6.33. The van der Waals surface area contributed by atoms with Crippen LogP contribution >= 0.6 is 35.0 Å². The summed E-state index contributed by atoms with van der Waals surface area (Å²) in [5.41, 5.74) is 7.35. The van der Waals surface area contributed by atoms with E-state index in [0.717, 1.165) is 3.57 Å². The molecule has 1 aromatic heterocycles. The molecule has 3 aromatic rings. The summed E-state index contributed by atoms with van der Waals surface area (Å²) in [5.74, 6) is -0.168. The van der Waals surface area contributed by atoms with Crippen LogP contribution in [0.3, 0.4) is 0 Å². The minimum absolute atomic E-state index is 0. The Morgan fingerprint density at radius 2 is 1.82 bits per heavy atom. The first kappa shape index (κ1) is 20.4. The summed E-state index contributed by atoms with van der Waals surface area (Å²) < 4.78 is 2.45. The summed E-state index contributed by atoms with van der Waals surface area (Å²) in [7, 11) is 0. The molecule has 1 heterocycles. The SMILES string of the molecule is Cl.NCCCn1c2c(c3ccc([N+](=O)[O-])cc3c1=O)C(=O)c1cc(I)ccc1-2. The van der Waals surface area contributed by atoms with Gasteiger partial charge in [0.2, 0.25) is 0 Å². The number of nitrogens with zero attached hydrogens (tertiary/aromatic N) is 2. The van der Waals surface area contributed by atoms with Gasteiger partial charge in [-0.3, -0.25) is 19.7 Å². The van der Waals surface area contributed by atoms with Crippen molar-refractivity contribution < 1.29 is 9.72 Å². The number of nitrogens with two attached hydrogens (primary N) is 1. The summed E-state index contributed by atoms with van der Waals surface area (Å²) in [4.78, 5) is 36.9. The average Bonchev–Trinajstić information content (AvgIpc) is 2.93. The molecule has 0 bridgehead atoms. The molecule has 0 unspecified atom stereocenters. The maximum absolute atomic E-state index is 13.1. The topological polar surface area (TPSA) is 108 Å². The zero-order valence-corrected chi connectivity index (χ0v) is 17.5. The summed E-state index contributed by atoms with van der Waals surface area (Å²) >= 11 is 2.14. The van der Waals surface area contributed by atoms with E-state index in [0.29, 0.717) is 47.3 Å². The van der Waals surface area contributed by atoms with Crippen LogP contribution in [0.2, 0.25) is 0 Å². The Morgan fingerprint density at radius 1 is 1.07 bits per heavy atom. The predicted octanol–water partition coefficient (Wildman–Crippen LogP) is 3.50. The van der Waals surface area contributed by atoms with Gasteiger partial charge in [0.1, 0.15) is 0 Å². The molecule has 28 heavy (non-hydrogen) atoms. The van der Waals surface area contributed by atoms with E-state index in [1.807, 2.05) is 12.1 Å². The molecule has 0 spiro atoms. The number of halogens is 2. The normalized spacial score (nSPS) is 11.9. The number of hydrogen-bond acceptors (Lipinski definition) is 5. The van der Waals surface area contributed by atoms with Gasteiger partial charge in [-0.05, 0) is 53.8 Å². The first-order valence-electron chi connectivity index (χ1n) is 8.33. The van der Waals surface area contributed by atoms with Crippen molar-refractivity contribution in [2.75, 3.05) is 6.54 Å². The van der Waals surface area contributed by atoms with Crippen molar-refractivity contribution in [1.29, 1.82) is 0 Å². The quantitative estimate of drug-likeness (QED) is 0.256. The van der Waals surface area contributed by atoms with Gasteiger partial charge in [-0.2, -0.15) is 0 Å². The van der Waals surface area contributed by atoms with Crippen LogP contribution in [0, 0.1) is 13.7 Å². The number of nitro groups is 1. The third-order valence-electron chi connectivity index (χ3n) is 4.76. The van der Waals surface area contributed by atoms with Gasteiger partial charge in [0.05, 0.1) is 21.6 Å². The zero-order valence-electron chi connectivity index (χ0n) is 14.5. The van der Waals surface area contributed by atoms with E-state index in [-0.39, 0.29) is 34.8 Å². The van der Waals surface area contributed by atoms with E-state index in [2.05, 4.69) is 22.6 Å². The number of pyridine rings is 1. The monoisotopic (exact) mass is 511 g/mol. The molecule has 2 N–H and O–H groups in total. The second kappa shape index (κ2) is 7.61. The number of carbonyl (C=O) groups is 1. The third kappa shape index (κ3) is 3.01. The number of non-ortho nitro benzene ring substituents is 1. The van der Waals surface area contributed by atoms with E-state index in [4.69, 9.17) is 5.73 Å². The number of ketones is 1. The molecule has 1 aliphatic rings. The van der Waals surface area contributed by atoms with Crippen LogP contribution in [0.25, 0.3) is 22.0 Å². The van der Waals surface area contributed by atoms with Crippen LogP contribution < -0.4 is 11.3 Å². The highest BCUT2D eigenvalue weighted by Gasteiger charge is 2.33. The van der Waals surface area contributed by atoms with E-state index < -0.39 is 4.92 Å². The van der Waals surface area contributed by atoms with Crippen LogP contribution in [0.1, 0.15) is 22.3 Å². The molecular weight excluding hydrogens is 497 g/mol. The molecule has 0 saturated heterocycles. The highest BCUT2D eigenvalue weighted by atomic mass is 127. The summed E-state index contributed by atoms with van der Waals surface area (Å²) in [6, 6.07) is 9.60. The molecule has 0 atom stereocenters. The van der Waals surface area contributed by atoms with Crippen molar-refractivity contribution in [3.05, 3.63) is 71.6 Å². The molecule has 4 rings (SSSR count). The molecule has 1 aliphatic carbocycles. The lowest BCUT2D eigenvalue weighted by molar-refractivity contribution is -0.384. The Labute approximate surface area is 179 Å². The van der Waals surface area contributed by atoms with Gasteiger partial charge in [0, 0.05) is 38.8 Å². The largest absolute Gasteiger partial charge is 0.330 e. The van der Waals surface area contributed by atoms with Gasteiger partial charge in [-0.1, -0.05) is 6.07 Å². The van der Waals surface area contributed by atoms with Crippen molar-refractivity contribution in [1.82, 2.24) is 4.57 Å². The number of nitro benzene ring substituents is 1. The second-order valence-corrected chi connectivity index (χ2v) is 7.57. The van der Waals surface area contributed by atoms with Crippen LogP contribution in [-0.2, 0) is 6.54 Å². The Hall–Kier alpha value is -2.30. The van der Waals surface area contributed by atoms with Crippen molar-refractivity contribution in [3.63, 3.8) is 0 Å². The van der Waals surface area contributed by atoms with Gasteiger partial charge in [0.25, 0.3) is 11.2 Å². The van der Waals surface area contributed by atoms with E-state index in [9.17, 15) is 19.7 Å². The number of rotatable bonds is 4. The van der Waals surface area contributed by atoms with Crippen molar-refractivity contribution in [3.8, 4) is 11.3 Å². The number of fused-ring (bicyclic) bond motifs is 5. The van der Waals surface area contributed by atoms with Gasteiger partial charge >= 0.3 is 0 Å². The zero-order chi connectivity index (χ0) is 19.3. The highest BCUT2D eigenvalue weighted by molar-refractivity contribution is 14.1. The maximum Gasteiger partial charge on any atom is 0.270 e. The smallest absolute Gasteiger partial charge is 0.270 e. The number of benzene rings is 2. The lowest BCUT2D eigenvalue weighted by atomic mass is 10.0. The Morgan fingerprint density at radius 3 is 2.50 bits per heavy atom. The first-order valence-corrected chi connectivity index (χ1v) is 9.41. The maximum atomic E-state index is 13.1. The van der Waals surface area contributed by atoms with Gasteiger partial charge in [-0.15, -0.1) is 12.4 Å². The molecular formula is C19H15ClIN3O4.